The summed E-state index contributed by atoms with van der Waals surface area (Å²) in [6, 6.07) is 0.150. The summed E-state index contributed by atoms with van der Waals surface area (Å²) in [6.45, 7) is 2.32. The minimum atomic E-state index is -1.34. The standard InChI is InChI=1S/C10H17NO3/c1-2-11(9(12)10(13)14)8-6-4-3-5-7-8/h8H,2-7H2,1H3,(H,13,14). The van der Waals surface area contributed by atoms with Crippen molar-refractivity contribution in [2.24, 2.45) is 0 Å². The van der Waals surface area contributed by atoms with E-state index in [0.29, 0.717) is 6.54 Å². The van der Waals surface area contributed by atoms with Crippen molar-refractivity contribution in [1.82, 2.24) is 4.90 Å². The van der Waals surface area contributed by atoms with Gasteiger partial charge in [0.25, 0.3) is 0 Å². The Balaban J connectivity index is 2.59. The van der Waals surface area contributed by atoms with E-state index in [-0.39, 0.29) is 6.04 Å². The van der Waals surface area contributed by atoms with Gasteiger partial charge in [-0.1, -0.05) is 19.3 Å². The van der Waals surface area contributed by atoms with E-state index in [0.717, 1.165) is 25.7 Å². The zero-order valence-electron chi connectivity index (χ0n) is 8.53. The molecule has 1 N–H and O–H groups in total. The number of carboxylic acid groups (broad SMARTS) is 1. The van der Waals surface area contributed by atoms with Crippen LogP contribution in [0.5, 0.6) is 0 Å². The maximum absolute atomic E-state index is 11.3. The van der Waals surface area contributed by atoms with Gasteiger partial charge in [-0.15, -0.1) is 0 Å². The third-order valence-corrected chi connectivity index (χ3v) is 2.80. The van der Waals surface area contributed by atoms with E-state index in [2.05, 4.69) is 0 Å². The molecule has 0 atom stereocenters. The summed E-state index contributed by atoms with van der Waals surface area (Å²) in [4.78, 5) is 23.3. The van der Waals surface area contributed by atoms with Crippen LogP contribution < -0.4 is 0 Å². The number of hydrogen-bond acceptors (Lipinski definition) is 2. The summed E-state index contributed by atoms with van der Waals surface area (Å²) in [5, 5.41) is 8.62. The SMILES string of the molecule is CCN(C(=O)C(=O)O)C1CCCCC1. The molecule has 1 aliphatic carbocycles. The van der Waals surface area contributed by atoms with E-state index in [9.17, 15) is 9.59 Å². The lowest BCUT2D eigenvalue weighted by Crippen LogP contribution is -2.44. The highest BCUT2D eigenvalue weighted by atomic mass is 16.4. The first-order valence-electron chi connectivity index (χ1n) is 5.20. The lowest BCUT2D eigenvalue weighted by atomic mass is 9.94. The Morgan fingerprint density at radius 1 is 1.29 bits per heavy atom. The second-order valence-electron chi connectivity index (χ2n) is 3.69. The van der Waals surface area contributed by atoms with Gasteiger partial charge in [-0.2, -0.15) is 0 Å². The van der Waals surface area contributed by atoms with Crippen molar-refractivity contribution in [3.63, 3.8) is 0 Å². The van der Waals surface area contributed by atoms with Gasteiger partial charge in [0.15, 0.2) is 0 Å². The highest BCUT2D eigenvalue weighted by molar-refractivity contribution is 6.31. The summed E-state index contributed by atoms with van der Waals surface area (Å²) in [5.41, 5.74) is 0. The van der Waals surface area contributed by atoms with Gasteiger partial charge in [0.2, 0.25) is 0 Å². The fourth-order valence-corrected chi connectivity index (χ4v) is 2.08. The van der Waals surface area contributed by atoms with Crippen molar-refractivity contribution in [2.75, 3.05) is 6.54 Å². The molecule has 0 aliphatic heterocycles. The zero-order valence-corrected chi connectivity index (χ0v) is 8.53. The summed E-state index contributed by atoms with van der Waals surface area (Å²) in [5.74, 6) is -2.09. The van der Waals surface area contributed by atoms with Gasteiger partial charge in [-0.25, -0.2) is 4.79 Å². The van der Waals surface area contributed by atoms with Crippen molar-refractivity contribution < 1.29 is 14.7 Å². The van der Waals surface area contributed by atoms with E-state index in [1.54, 1.807) is 0 Å². The highest BCUT2D eigenvalue weighted by Crippen LogP contribution is 2.22. The van der Waals surface area contributed by atoms with Crippen LogP contribution in [0.3, 0.4) is 0 Å². The topological polar surface area (TPSA) is 57.6 Å². The van der Waals surface area contributed by atoms with Crippen LogP contribution in [0.1, 0.15) is 39.0 Å². The van der Waals surface area contributed by atoms with E-state index >= 15 is 0 Å². The molecular weight excluding hydrogens is 182 g/mol. The Hall–Kier alpha value is -1.06. The number of carboxylic acids is 1. The van der Waals surface area contributed by atoms with Crippen LogP contribution in [-0.2, 0) is 9.59 Å². The normalized spacial score (nSPS) is 17.8. The lowest BCUT2D eigenvalue weighted by Gasteiger charge is -2.32. The van der Waals surface area contributed by atoms with Crippen LogP contribution in [-0.4, -0.2) is 34.5 Å². The average molecular weight is 199 g/mol. The second-order valence-corrected chi connectivity index (χ2v) is 3.69. The van der Waals surface area contributed by atoms with Gasteiger partial charge < -0.3 is 10.0 Å². The Bertz CT molecular complexity index is 221. The van der Waals surface area contributed by atoms with E-state index < -0.39 is 11.9 Å². The number of aliphatic carboxylic acids is 1. The van der Waals surface area contributed by atoms with Gasteiger partial charge in [0.05, 0.1) is 0 Å². The molecule has 0 aromatic carbocycles. The third kappa shape index (κ3) is 2.47. The summed E-state index contributed by atoms with van der Waals surface area (Å²) < 4.78 is 0. The first-order valence-corrected chi connectivity index (χ1v) is 5.20. The molecule has 0 radical (unpaired) electrons. The van der Waals surface area contributed by atoms with Crippen LogP contribution >= 0.6 is 0 Å². The summed E-state index contributed by atoms with van der Waals surface area (Å²) in [6.07, 6.45) is 5.32. The molecule has 0 heterocycles. The number of carbonyl (C=O) groups is 2. The number of amides is 1. The molecule has 4 heteroatoms. The van der Waals surface area contributed by atoms with Gasteiger partial charge >= 0.3 is 11.9 Å². The molecule has 80 valence electrons. The van der Waals surface area contributed by atoms with E-state index in [4.69, 9.17) is 5.11 Å². The van der Waals surface area contributed by atoms with E-state index in [1.807, 2.05) is 6.92 Å². The maximum Gasteiger partial charge on any atom is 0.394 e. The summed E-state index contributed by atoms with van der Waals surface area (Å²) >= 11 is 0. The van der Waals surface area contributed by atoms with Crippen LogP contribution in [0.2, 0.25) is 0 Å². The Morgan fingerprint density at radius 2 is 1.86 bits per heavy atom. The number of rotatable bonds is 2. The minimum absolute atomic E-state index is 0.150. The molecule has 0 bridgehead atoms. The number of hydrogen-bond donors (Lipinski definition) is 1. The van der Waals surface area contributed by atoms with Crippen LogP contribution in [0.4, 0.5) is 0 Å². The predicted octanol–water partition coefficient (Wildman–Crippen LogP) is 1.25. The molecule has 0 saturated heterocycles. The highest BCUT2D eigenvalue weighted by Gasteiger charge is 2.27. The smallest absolute Gasteiger partial charge is 0.394 e. The molecule has 1 saturated carbocycles. The molecule has 14 heavy (non-hydrogen) atoms. The molecule has 0 aromatic heterocycles. The molecule has 0 spiro atoms. The van der Waals surface area contributed by atoms with Crippen molar-refractivity contribution in [3.05, 3.63) is 0 Å². The zero-order chi connectivity index (χ0) is 10.6. The van der Waals surface area contributed by atoms with Crippen molar-refractivity contribution >= 4 is 11.9 Å². The first kappa shape index (κ1) is 11.0. The molecule has 1 rings (SSSR count). The molecule has 1 fully saturated rings. The molecule has 0 aromatic rings. The molecular formula is C10H17NO3. The average Bonchev–Trinajstić information content (AvgIpc) is 2.20. The Morgan fingerprint density at radius 3 is 2.29 bits per heavy atom. The lowest BCUT2D eigenvalue weighted by molar-refractivity contribution is -0.157. The largest absolute Gasteiger partial charge is 0.474 e. The van der Waals surface area contributed by atoms with Gasteiger partial charge in [0.1, 0.15) is 0 Å². The molecule has 0 unspecified atom stereocenters. The quantitative estimate of drug-likeness (QED) is 0.681. The second kappa shape index (κ2) is 4.98. The molecule has 4 nitrogen and oxygen atoms in total. The fraction of sp³-hybridized carbons (Fsp3) is 0.800. The van der Waals surface area contributed by atoms with Gasteiger partial charge in [-0.05, 0) is 19.8 Å². The van der Waals surface area contributed by atoms with Crippen LogP contribution in [0.15, 0.2) is 0 Å². The number of nitrogens with zero attached hydrogens (tertiary/aromatic N) is 1. The monoisotopic (exact) mass is 199 g/mol. The maximum atomic E-state index is 11.3. The Kier molecular flexibility index (Phi) is 3.92. The number of carbonyl (C=O) groups excluding carboxylic acids is 1. The number of likely N-dealkylation sites (N-methyl/N-ethyl adjacent to an activating group) is 1. The summed E-state index contributed by atoms with van der Waals surface area (Å²) in [7, 11) is 0. The van der Waals surface area contributed by atoms with Crippen molar-refractivity contribution in [2.45, 2.75) is 45.1 Å². The van der Waals surface area contributed by atoms with Crippen molar-refractivity contribution in [1.29, 1.82) is 0 Å². The fourth-order valence-electron chi connectivity index (χ4n) is 2.08. The molecule has 1 aliphatic rings. The van der Waals surface area contributed by atoms with E-state index in [1.165, 1.54) is 11.3 Å². The Labute approximate surface area is 83.9 Å². The third-order valence-electron chi connectivity index (χ3n) is 2.80. The van der Waals surface area contributed by atoms with Crippen molar-refractivity contribution in [3.8, 4) is 0 Å². The first-order chi connectivity index (χ1) is 6.66. The van der Waals surface area contributed by atoms with Crippen LogP contribution in [0.25, 0.3) is 0 Å². The predicted molar refractivity (Wildman–Crippen MR) is 51.9 cm³/mol. The minimum Gasteiger partial charge on any atom is -0.474 e. The van der Waals surface area contributed by atoms with Gasteiger partial charge in [-0.3, -0.25) is 4.79 Å². The molecule has 1 amide bonds. The van der Waals surface area contributed by atoms with Gasteiger partial charge in [0, 0.05) is 12.6 Å². The van der Waals surface area contributed by atoms with Crippen LogP contribution in [0, 0.1) is 0 Å².